The van der Waals surface area contributed by atoms with E-state index in [9.17, 15) is 9.18 Å². The Balaban J connectivity index is 1.69. The third-order valence-electron chi connectivity index (χ3n) is 5.31. The van der Waals surface area contributed by atoms with Crippen LogP contribution in [-0.4, -0.2) is 29.3 Å². The fourth-order valence-corrected chi connectivity index (χ4v) is 3.52. The Bertz CT molecular complexity index is 1290. The first kappa shape index (κ1) is 22.5. The van der Waals surface area contributed by atoms with Crippen molar-refractivity contribution in [3.8, 4) is 11.6 Å². The van der Waals surface area contributed by atoms with Crippen molar-refractivity contribution in [1.82, 2.24) is 9.97 Å². The van der Waals surface area contributed by atoms with Crippen molar-refractivity contribution in [3.05, 3.63) is 65.6 Å². The summed E-state index contributed by atoms with van der Waals surface area (Å²) in [5.74, 6) is 0.440. The van der Waals surface area contributed by atoms with Gasteiger partial charge >= 0.3 is 6.16 Å². The molecular formula is C25H25FN2O5. The highest BCUT2D eigenvalue weighted by Crippen LogP contribution is 2.35. The number of ether oxygens (including phenoxy) is 4. The molecule has 0 aliphatic carbocycles. The second kappa shape index (κ2) is 9.87. The molecule has 4 aromatic rings. The van der Waals surface area contributed by atoms with E-state index in [1.807, 2.05) is 25.1 Å². The lowest BCUT2D eigenvalue weighted by atomic mass is 10.1. The third-order valence-corrected chi connectivity index (χ3v) is 5.31. The van der Waals surface area contributed by atoms with Gasteiger partial charge in [0, 0.05) is 23.4 Å². The van der Waals surface area contributed by atoms with Gasteiger partial charge in [0.25, 0.3) is 0 Å². The standard InChI is InChI=1S/C25H25FN2O5/c1-4-15(2)32-25(29)33-24-20(14-30-3)23-19-11-18(8-9-21(19)28-22(23)12-27-24)31-13-16-6-5-7-17(26)10-16/h5-12,15,28H,4,13-14H2,1-3H3. The molecule has 172 valence electrons. The molecule has 0 amide bonds. The zero-order valence-corrected chi connectivity index (χ0v) is 18.7. The van der Waals surface area contributed by atoms with Gasteiger partial charge in [0.1, 0.15) is 24.3 Å². The number of rotatable bonds is 8. The summed E-state index contributed by atoms with van der Waals surface area (Å²) in [5.41, 5.74) is 2.97. The molecule has 33 heavy (non-hydrogen) atoms. The number of benzene rings is 2. The molecule has 0 spiro atoms. The number of H-pyrrole nitrogens is 1. The Morgan fingerprint density at radius 1 is 1.15 bits per heavy atom. The predicted molar refractivity (Wildman–Crippen MR) is 122 cm³/mol. The maximum atomic E-state index is 13.4. The summed E-state index contributed by atoms with van der Waals surface area (Å²) in [5, 5.41) is 1.67. The molecule has 0 saturated carbocycles. The molecule has 8 heteroatoms. The van der Waals surface area contributed by atoms with E-state index in [4.69, 9.17) is 18.9 Å². The predicted octanol–water partition coefficient (Wildman–Crippen LogP) is 5.89. The average molecular weight is 452 g/mol. The van der Waals surface area contributed by atoms with Crippen molar-refractivity contribution in [2.45, 2.75) is 39.6 Å². The molecule has 1 atom stereocenters. The molecule has 0 fully saturated rings. The molecular weight excluding hydrogens is 427 g/mol. The van der Waals surface area contributed by atoms with Crippen LogP contribution in [0.25, 0.3) is 21.8 Å². The number of methoxy groups -OCH3 is 1. The van der Waals surface area contributed by atoms with Gasteiger partial charge in [-0.2, -0.15) is 0 Å². The Morgan fingerprint density at radius 3 is 2.76 bits per heavy atom. The van der Waals surface area contributed by atoms with E-state index in [0.717, 1.165) is 27.4 Å². The van der Waals surface area contributed by atoms with Gasteiger partial charge in [-0.3, -0.25) is 0 Å². The summed E-state index contributed by atoms with van der Waals surface area (Å²) in [4.78, 5) is 19.8. The number of aromatic amines is 1. The summed E-state index contributed by atoms with van der Waals surface area (Å²) in [6.07, 6.45) is 1.20. The van der Waals surface area contributed by atoms with Crippen molar-refractivity contribution in [2.24, 2.45) is 0 Å². The molecule has 0 aliphatic rings. The van der Waals surface area contributed by atoms with Crippen LogP contribution in [0.4, 0.5) is 9.18 Å². The molecule has 7 nitrogen and oxygen atoms in total. The number of aromatic nitrogens is 2. The summed E-state index contributed by atoms with van der Waals surface area (Å²) < 4.78 is 35.3. The largest absolute Gasteiger partial charge is 0.515 e. The van der Waals surface area contributed by atoms with Crippen LogP contribution in [-0.2, 0) is 22.7 Å². The monoisotopic (exact) mass is 452 g/mol. The van der Waals surface area contributed by atoms with Gasteiger partial charge in [-0.1, -0.05) is 19.1 Å². The second-order valence-electron chi connectivity index (χ2n) is 7.70. The number of hydrogen-bond acceptors (Lipinski definition) is 6. The summed E-state index contributed by atoms with van der Waals surface area (Å²) in [7, 11) is 1.56. The zero-order valence-electron chi connectivity index (χ0n) is 18.7. The number of carbonyl (C=O) groups excluding carboxylic acids is 1. The SMILES string of the molecule is CCC(C)OC(=O)Oc1ncc2[nH]c3ccc(OCc4cccc(F)c4)cc3c2c1COC. The fourth-order valence-electron chi connectivity index (χ4n) is 3.52. The first-order chi connectivity index (χ1) is 16.0. The molecule has 0 radical (unpaired) electrons. The minimum Gasteiger partial charge on any atom is -0.489 e. The molecule has 2 heterocycles. The number of nitrogens with one attached hydrogen (secondary N) is 1. The van der Waals surface area contributed by atoms with Crippen LogP contribution in [0.2, 0.25) is 0 Å². The Kier molecular flexibility index (Phi) is 6.74. The molecule has 2 aromatic carbocycles. The van der Waals surface area contributed by atoms with Crippen molar-refractivity contribution < 1.29 is 28.1 Å². The van der Waals surface area contributed by atoms with Crippen LogP contribution in [0, 0.1) is 5.82 Å². The smallest absolute Gasteiger partial charge is 0.489 e. The minimum absolute atomic E-state index is 0.129. The number of carbonyl (C=O) groups is 1. The topological polar surface area (TPSA) is 82.7 Å². The van der Waals surface area contributed by atoms with E-state index >= 15 is 0 Å². The number of pyridine rings is 1. The van der Waals surface area contributed by atoms with Gasteiger partial charge in [-0.15, -0.1) is 0 Å². The van der Waals surface area contributed by atoms with Gasteiger partial charge in [-0.25, -0.2) is 14.2 Å². The third kappa shape index (κ3) is 5.06. The number of nitrogens with zero attached hydrogens (tertiary/aromatic N) is 1. The molecule has 0 saturated heterocycles. The van der Waals surface area contributed by atoms with Crippen LogP contribution < -0.4 is 9.47 Å². The lowest BCUT2D eigenvalue weighted by Crippen LogP contribution is -2.18. The maximum Gasteiger partial charge on any atom is 0.515 e. The number of fused-ring (bicyclic) bond motifs is 3. The van der Waals surface area contributed by atoms with Crippen molar-refractivity contribution in [3.63, 3.8) is 0 Å². The lowest BCUT2D eigenvalue weighted by Gasteiger charge is -2.13. The minimum atomic E-state index is -0.812. The quantitative estimate of drug-likeness (QED) is 0.336. The molecule has 1 unspecified atom stereocenters. The molecule has 0 bridgehead atoms. The summed E-state index contributed by atoms with van der Waals surface area (Å²) in [6.45, 7) is 4.11. The molecule has 4 rings (SSSR count). The van der Waals surface area contributed by atoms with E-state index in [2.05, 4.69) is 9.97 Å². The van der Waals surface area contributed by atoms with Crippen molar-refractivity contribution >= 4 is 28.0 Å². The van der Waals surface area contributed by atoms with Crippen LogP contribution >= 0.6 is 0 Å². The van der Waals surface area contributed by atoms with E-state index in [1.165, 1.54) is 12.1 Å². The highest BCUT2D eigenvalue weighted by molar-refractivity contribution is 6.09. The summed E-state index contributed by atoms with van der Waals surface area (Å²) in [6, 6.07) is 11.9. The van der Waals surface area contributed by atoms with Crippen LogP contribution in [0.1, 0.15) is 31.4 Å². The van der Waals surface area contributed by atoms with E-state index < -0.39 is 6.16 Å². The number of halogens is 1. The van der Waals surface area contributed by atoms with Crippen molar-refractivity contribution in [1.29, 1.82) is 0 Å². The Morgan fingerprint density at radius 2 is 2.00 bits per heavy atom. The van der Waals surface area contributed by atoms with Gasteiger partial charge in [-0.05, 0) is 49.2 Å². The van der Waals surface area contributed by atoms with Crippen molar-refractivity contribution in [2.75, 3.05) is 7.11 Å². The van der Waals surface area contributed by atoms with Gasteiger partial charge in [0.15, 0.2) is 0 Å². The van der Waals surface area contributed by atoms with Gasteiger partial charge in [0.05, 0.1) is 23.9 Å². The highest BCUT2D eigenvalue weighted by atomic mass is 19.1. The average Bonchev–Trinajstić information content (AvgIpc) is 3.17. The fraction of sp³-hybridized carbons (Fsp3) is 0.280. The first-order valence-electron chi connectivity index (χ1n) is 10.7. The molecule has 0 aliphatic heterocycles. The zero-order chi connectivity index (χ0) is 23.4. The molecule has 1 N–H and O–H groups in total. The molecule has 2 aromatic heterocycles. The van der Waals surface area contributed by atoms with Crippen LogP contribution in [0.15, 0.2) is 48.7 Å². The Hall–Kier alpha value is -3.65. The normalized spacial score (nSPS) is 12.1. The highest BCUT2D eigenvalue weighted by Gasteiger charge is 2.20. The second-order valence-corrected chi connectivity index (χ2v) is 7.70. The number of hydrogen-bond donors (Lipinski definition) is 1. The summed E-state index contributed by atoms with van der Waals surface area (Å²) >= 11 is 0. The first-order valence-corrected chi connectivity index (χ1v) is 10.7. The van der Waals surface area contributed by atoms with Gasteiger partial charge < -0.3 is 23.9 Å². The lowest BCUT2D eigenvalue weighted by molar-refractivity contribution is 0.0622. The van der Waals surface area contributed by atoms with Gasteiger partial charge in [0.2, 0.25) is 5.88 Å². The van der Waals surface area contributed by atoms with E-state index in [1.54, 1.807) is 32.4 Å². The van der Waals surface area contributed by atoms with Crippen LogP contribution in [0.5, 0.6) is 11.6 Å². The Labute approximate surface area is 190 Å². The maximum absolute atomic E-state index is 13.4. The van der Waals surface area contributed by atoms with E-state index in [-0.39, 0.29) is 31.0 Å². The van der Waals surface area contributed by atoms with E-state index in [0.29, 0.717) is 17.7 Å². The van der Waals surface area contributed by atoms with Crippen LogP contribution in [0.3, 0.4) is 0 Å².